The van der Waals surface area contributed by atoms with Crippen molar-refractivity contribution in [2.75, 3.05) is 0 Å². The Balaban J connectivity index is 2.12. The molecule has 0 N–H and O–H groups in total. The number of Topliss-reactive ketones (excluding diaryl/α,β-unsaturated/α-hetero) is 1. The molecule has 0 fully saturated rings. The fourth-order valence-corrected chi connectivity index (χ4v) is 1.40. The molecule has 0 aliphatic rings. The third kappa shape index (κ3) is 2.75. The first-order valence-corrected chi connectivity index (χ1v) is 5.54. The van der Waals surface area contributed by atoms with Gasteiger partial charge in [0.2, 0.25) is 5.78 Å². The Hall–Kier alpha value is -2.03. The van der Waals surface area contributed by atoms with Gasteiger partial charge in [-0.25, -0.2) is 0 Å². The minimum atomic E-state index is -0.0780. The quantitative estimate of drug-likeness (QED) is 0.747. The third-order valence-corrected chi connectivity index (χ3v) is 2.31. The fraction of sp³-hybridized carbons (Fsp3) is 0.214. The Bertz CT molecular complexity index is 497. The van der Waals surface area contributed by atoms with E-state index in [1.807, 2.05) is 44.2 Å². The molecule has 0 saturated heterocycles. The lowest BCUT2D eigenvalue weighted by molar-refractivity contribution is 0.0906. The fourth-order valence-electron chi connectivity index (χ4n) is 1.40. The van der Waals surface area contributed by atoms with Crippen molar-refractivity contribution >= 4 is 5.78 Å². The second-order valence-corrected chi connectivity index (χ2v) is 4.05. The van der Waals surface area contributed by atoms with Crippen molar-refractivity contribution in [1.29, 1.82) is 0 Å². The van der Waals surface area contributed by atoms with Crippen LogP contribution in [0.5, 0.6) is 11.7 Å². The molecule has 0 spiro atoms. The number of furan rings is 1. The smallest absolute Gasteiger partial charge is 0.290 e. The van der Waals surface area contributed by atoms with Crippen LogP contribution in [0.1, 0.15) is 24.4 Å². The van der Waals surface area contributed by atoms with Gasteiger partial charge in [-0.2, -0.15) is 0 Å². The third-order valence-electron chi connectivity index (χ3n) is 2.31. The van der Waals surface area contributed by atoms with E-state index in [1.165, 1.54) is 0 Å². The predicted molar refractivity (Wildman–Crippen MR) is 64.4 cm³/mol. The Morgan fingerprint density at radius 2 is 1.82 bits per heavy atom. The molecule has 0 radical (unpaired) electrons. The number of benzene rings is 1. The second-order valence-electron chi connectivity index (χ2n) is 4.05. The maximum Gasteiger partial charge on any atom is 0.290 e. The Morgan fingerprint density at radius 1 is 1.12 bits per heavy atom. The number of rotatable bonds is 4. The topological polar surface area (TPSA) is 39.4 Å². The summed E-state index contributed by atoms with van der Waals surface area (Å²) >= 11 is 0. The normalized spacial score (nSPS) is 10.5. The minimum Gasteiger partial charge on any atom is -0.426 e. The van der Waals surface area contributed by atoms with Gasteiger partial charge in [0.15, 0.2) is 5.76 Å². The van der Waals surface area contributed by atoms with Crippen molar-refractivity contribution in [3.05, 3.63) is 48.2 Å². The van der Waals surface area contributed by atoms with E-state index in [1.54, 1.807) is 12.1 Å². The summed E-state index contributed by atoms with van der Waals surface area (Å²) in [5.74, 6) is 1.26. The molecule has 1 heterocycles. The highest BCUT2D eigenvalue weighted by Gasteiger charge is 2.15. The lowest BCUT2D eigenvalue weighted by atomic mass is 10.1. The number of ketones is 1. The predicted octanol–water partition coefficient (Wildman–Crippen LogP) is 3.91. The zero-order valence-electron chi connectivity index (χ0n) is 9.84. The molecule has 0 saturated carbocycles. The van der Waals surface area contributed by atoms with Crippen molar-refractivity contribution in [1.82, 2.24) is 0 Å². The summed E-state index contributed by atoms with van der Waals surface area (Å²) in [5.41, 5.74) is 0. The van der Waals surface area contributed by atoms with Gasteiger partial charge in [-0.1, -0.05) is 32.0 Å². The van der Waals surface area contributed by atoms with Gasteiger partial charge in [0.25, 0.3) is 5.95 Å². The molecule has 88 valence electrons. The van der Waals surface area contributed by atoms with Crippen LogP contribution in [0, 0.1) is 5.92 Å². The molecule has 2 aromatic rings. The van der Waals surface area contributed by atoms with Crippen molar-refractivity contribution in [3.8, 4) is 11.7 Å². The molecule has 3 heteroatoms. The van der Waals surface area contributed by atoms with E-state index in [4.69, 9.17) is 9.15 Å². The highest BCUT2D eigenvalue weighted by Crippen LogP contribution is 2.24. The molecule has 2 rings (SSSR count). The summed E-state index contributed by atoms with van der Waals surface area (Å²) in [6, 6.07) is 12.6. The maximum absolute atomic E-state index is 11.7. The van der Waals surface area contributed by atoms with Gasteiger partial charge in [0.1, 0.15) is 5.75 Å². The molecule has 0 amide bonds. The lowest BCUT2D eigenvalue weighted by Crippen LogP contribution is -2.05. The number of carbonyl (C=O) groups is 1. The van der Waals surface area contributed by atoms with Crippen LogP contribution in [0.2, 0.25) is 0 Å². The van der Waals surface area contributed by atoms with Crippen LogP contribution in [0.25, 0.3) is 0 Å². The molecule has 0 atom stereocenters. The van der Waals surface area contributed by atoms with Crippen molar-refractivity contribution in [2.45, 2.75) is 13.8 Å². The number of hydrogen-bond donors (Lipinski definition) is 0. The van der Waals surface area contributed by atoms with Crippen LogP contribution in [-0.4, -0.2) is 5.78 Å². The maximum atomic E-state index is 11.7. The molecule has 3 nitrogen and oxygen atoms in total. The summed E-state index contributed by atoms with van der Waals surface area (Å²) in [7, 11) is 0. The van der Waals surface area contributed by atoms with E-state index in [0.29, 0.717) is 17.5 Å². The van der Waals surface area contributed by atoms with E-state index in [-0.39, 0.29) is 11.7 Å². The van der Waals surface area contributed by atoms with E-state index >= 15 is 0 Å². The summed E-state index contributed by atoms with van der Waals surface area (Å²) in [4.78, 5) is 11.7. The summed E-state index contributed by atoms with van der Waals surface area (Å²) in [6.07, 6.45) is 0. The van der Waals surface area contributed by atoms with Crippen LogP contribution in [0.15, 0.2) is 46.9 Å². The van der Waals surface area contributed by atoms with Gasteiger partial charge < -0.3 is 9.15 Å². The average Bonchev–Trinajstić information content (AvgIpc) is 2.77. The lowest BCUT2D eigenvalue weighted by Gasteiger charge is -2.01. The van der Waals surface area contributed by atoms with Crippen LogP contribution in [0.4, 0.5) is 0 Å². The van der Waals surface area contributed by atoms with E-state index in [2.05, 4.69) is 0 Å². The van der Waals surface area contributed by atoms with Crippen LogP contribution in [0.3, 0.4) is 0 Å². The van der Waals surface area contributed by atoms with Gasteiger partial charge >= 0.3 is 0 Å². The average molecular weight is 230 g/mol. The molecule has 17 heavy (non-hydrogen) atoms. The zero-order valence-corrected chi connectivity index (χ0v) is 9.84. The monoisotopic (exact) mass is 230 g/mol. The molecule has 1 aromatic carbocycles. The first kappa shape index (κ1) is 11.5. The van der Waals surface area contributed by atoms with Crippen LogP contribution in [-0.2, 0) is 0 Å². The molecule has 0 aliphatic carbocycles. The summed E-state index contributed by atoms with van der Waals surface area (Å²) in [6.45, 7) is 3.67. The Morgan fingerprint density at radius 3 is 2.47 bits per heavy atom. The number of ether oxygens (including phenoxy) is 1. The standard InChI is InChI=1S/C14H14O3/c1-10(2)14(15)12-8-9-13(17-12)16-11-6-4-3-5-7-11/h3-10H,1-2H3. The zero-order chi connectivity index (χ0) is 12.3. The molecule has 0 bridgehead atoms. The van der Waals surface area contributed by atoms with E-state index in [0.717, 1.165) is 0 Å². The highest BCUT2D eigenvalue weighted by molar-refractivity contribution is 5.94. The first-order valence-electron chi connectivity index (χ1n) is 5.54. The summed E-state index contributed by atoms with van der Waals surface area (Å²) < 4.78 is 10.8. The SMILES string of the molecule is CC(C)C(=O)c1ccc(Oc2ccccc2)o1. The highest BCUT2D eigenvalue weighted by atomic mass is 16.6. The Labute approximate surface area is 100 Å². The van der Waals surface area contributed by atoms with Gasteiger partial charge in [0.05, 0.1) is 0 Å². The Kier molecular flexibility index (Phi) is 3.28. The molecular weight excluding hydrogens is 216 g/mol. The number of carbonyl (C=O) groups excluding carboxylic acids is 1. The number of para-hydroxylation sites is 1. The molecule has 1 aromatic heterocycles. The van der Waals surface area contributed by atoms with Gasteiger partial charge in [-0.3, -0.25) is 4.79 Å². The van der Waals surface area contributed by atoms with E-state index in [9.17, 15) is 4.79 Å². The van der Waals surface area contributed by atoms with Crippen LogP contribution >= 0.6 is 0 Å². The minimum absolute atomic E-state index is 0.0205. The second kappa shape index (κ2) is 4.87. The van der Waals surface area contributed by atoms with Crippen molar-refractivity contribution in [2.24, 2.45) is 5.92 Å². The molecule has 0 unspecified atom stereocenters. The van der Waals surface area contributed by atoms with E-state index < -0.39 is 0 Å². The summed E-state index contributed by atoms with van der Waals surface area (Å²) in [5, 5.41) is 0. The van der Waals surface area contributed by atoms with Crippen molar-refractivity contribution < 1.29 is 13.9 Å². The van der Waals surface area contributed by atoms with Gasteiger partial charge in [-0.15, -0.1) is 0 Å². The molecular formula is C14H14O3. The van der Waals surface area contributed by atoms with Gasteiger partial charge in [-0.05, 0) is 18.2 Å². The van der Waals surface area contributed by atoms with Gasteiger partial charge in [0, 0.05) is 12.0 Å². The largest absolute Gasteiger partial charge is 0.426 e. The number of hydrogen-bond acceptors (Lipinski definition) is 3. The molecule has 0 aliphatic heterocycles. The van der Waals surface area contributed by atoms with Crippen molar-refractivity contribution in [3.63, 3.8) is 0 Å². The first-order chi connectivity index (χ1) is 8.16. The van der Waals surface area contributed by atoms with Crippen LogP contribution < -0.4 is 4.74 Å².